The van der Waals surface area contributed by atoms with Crippen LogP contribution in [0.3, 0.4) is 0 Å². The molecule has 4 heteroatoms. The van der Waals surface area contributed by atoms with Crippen molar-refractivity contribution in [3.8, 4) is 5.75 Å². The lowest BCUT2D eigenvalue weighted by atomic mass is 10.1. The van der Waals surface area contributed by atoms with Crippen molar-refractivity contribution in [1.29, 1.82) is 0 Å². The first kappa shape index (κ1) is 15.6. The zero-order valence-corrected chi connectivity index (χ0v) is 12.8. The van der Waals surface area contributed by atoms with Gasteiger partial charge >= 0.3 is 0 Å². The van der Waals surface area contributed by atoms with E-state index < -0.39 is 6.80 Å². The van der Waals surface area contributed by atoms with Crippen LogP contribution in [-0.2, 0) is 6.42 Å². The molecule has 0 aliphatic rings. The minimum Gasteiger partial charge on any atom is -0.494 e. The van der Waals surface area contributed by atoms with Crippen LogP contribution in [0.4, 0.5) is 4.39 Å². The normalized spacial score (nSPS) is 11.2. The number of nitrogens with one attached hydrogen (secondary N) is 1. The lowest BCUT2D eigenvalue weighted by Gasteiger charge is -2.16. The van der Waals surface area contributed by atoms with Gasteiger partial charge in [-0.3, -0.25) is 4.90 Å². The minimum atomic E-state index is -0.447. The summed E-state index contributed by atoms with van der Waals surface area (Å²) in [7, 11) is 0. The molecule has 0 atom stereocenters. The number of H-pyrrole nitrogens is 1. The number of aromatic nitrogens is 1. The van der Waals surface area contributed by atoms with Crippen molar-refractivity contribution in [1.82, 2.24) is 9.88 Å². The highest BCUT2D eigenvalue weighted by atomic mass is 19.1. The average Bonchev–Trinajstić information content (AvgIpc) is 2.79. The van der Waals surface area contributed by atoms with Gasteiger partial charge in [0.1, 0.15) is 12.5 Å². The zero-order chi connectivity index (χ0) is 15.2. The summed E-state index contributed by atoms with van der Waals surface area (Å²) in [6.45, 7) is 9.15. The Morgan fingerprint density at radius 1 is 1.43 bits per heavy atom. The fraction of sp³-hybridized carbons (Fsp3) is 0.412. The third-order valence-corrected chi connectivity index (χ3v) is 3.64. The molecular formula is C17H23FN2O. The largest absolute Gasteiger partial charge is 0.494 e. The number of hydrogen-bond donors (Lipinski definition) is 1. The van der Waals surface area contributed by atoms with Gasteiger partial charge < -0.3 is 9.72 Å². The number of nitrogens with zero attached hydrogens (tertiary/aromatic N) is 1. The number of hydrogen-bond acceptors (Lipinski definition) is 2. The Labute approximate surface area is 125 Å². The highest BCUT2D eigenvalue weighted by Gasteiger charge is 2.11. The first-order valence-electron chi connectivity index (χ1n) is 7.32. The number of benzene rings is 1. The molecule has 0 aliphatic carbocycles. The molecule has 114 valence electrons. The number of halogens is 1. The standard InChI is InChI=1S/C17H23FN2O/c1-4-9-20(12-18)10-8-15-13(3)19-17-7-6-14(21-5-2)11-16(15)17/h4,6-7,11,19H,1,5,8-10,12H2,2-3H3. The van der Waals surface area contributed by atoms with Crippen LogP contribution in [0, 0.1) is 6.92 Å². The topological polar surface area (TPSA) is 28.3 Å². The van der Waals surface area contributed by atoms with Crippen LogP contribution in [0.2, 0.25) is 0 Å². The number of ether oxygens (including phenoxy) is 1. The Hall–Kier alpha value is -1.81. The molecule has 1 aromatic heterocycles. The van der Waals surface area contributed by atoms with Crippen molar-refractivity contribution in [2.75, 3.05) is 26.5 Å². The van der Waals surface area contributed by atoms with Gasteiger partial charge in [-0.05, 0) is 44.0 Å². The van der Waals surface area contributed by atoms with Crippen LogP contribution >= 0.6 is 0 Å². The van der Waals surface area contributed by atoms with E-state index in [0.29, 0.717) is 19.7 Å². The Bertz CT molecular complexity index is 606. The van der Waals surface area contributed by atoms with E-state index in [1.807, 2.05) is 19.1 Å². The van der Waals surface area contributed by atoms with E-state index in [1.54, 1.807) is 11.0 Å². The molecule has 0 saturated carbocycles. The maximum absolute atomic E-state index is 12.9. The number of alkyl halides is 1. The molecular weight excluding hydrogens is 267 g/mol. The summed E-state index contributed by atoms with van der Waals surface area (Å²) in [5.74, 6) is 0.874. The van der Waals surface area contributed by atoms with Gasteiger partial charge in [0.05, 0.1) is 6.61 Å². The quantitative estimate of drug-likeness (QED) is 0.591. The summed E-state index contributed by atoms with van der Waals surface area (Å²) in [6, 6.07) is 6.07. The lowest BCUT2D eigenvalue weighted by molar-refractivity contribution is 0.206. The molecule has 1 N–H and O–H groups in total. The predicted molar refractivity (Wildman–Crippen MR) is 85.7 cm³/mol. The van der Waals surface area contributed by atoms with Gasteiger partial charge in [0, 0.05) is 29.7 Å². The molecule has 0 spiro atoms. The molecule has 0 radical (unpaired) electrons. The molecule has 1 heterocycles. The summed E-state index contributed by atoms with van der Waals surface area (Å²) in [4.78, 5) is 5.12. The number of fused-ring (bicyclic) bond motifs is 1. The highest BCUT2D eigenvalue weighted by Crippen LogP contribution is 2.27. The van der Waals surface area contributed by atoms with Crippen molar-refractivity contribution in [3.05, 3.63) is 42.1 Å². The second-order valence-electron chi connectivity index (χ2n) is 5.10. The molecule has 0 amide bonds. The minimum absolute atomic E-state index is 0.447. The van der Waals surface area contributed by atoms with Gasteiger partial charge in [-0.15, -0.1) is 6.58 Å². The van der Waals surface area contributed by atoms with Gasteiger partial charge in [-0.25, -0.2) is 4.39 Å². The van der Waals surface area contributed by atoms with E-state index in [-0.39, 0.29) is 0 Å². The molecule has 0 unspecified atom stereocenters. The van der Waals surface area contributed by atoms with Gasteiger partial charge in [-0.2, -0.15) is 0 Å². The maximum atomic E-state index is 12.9. The molecule has 0 aliphatic heterocycles. The first-order chi connectivity index (χ1) is 10.2. The van der Waals surface area contributed by atoms with Crippen molar-refractivity contribution in [3.63, 3.8) is 0 Å². The van der Waals surface area contributed by atoms with Crippen LogP contribution in [0.1, 0.15) is 18.2 Å². The first-order valence-corrected chi connectivity index (χ1v) is 7.32. The van der Waals surface area contributed by atoms with Crippen LogP contribution < -0.4 is 4.74 Å². The number of rotatable bonds is 8. The van der Waals surface area contributed by atoms with Gasteiger partial charge in [0.15, 0.2) is 0 Å². The summed E-state index contributed by atoms with van der Waals surface area (Å²) in [6.07, 6.45) is 2.54. The van der Waals surface area contributed by atoms with E-state index >= 15 is 0 Å². The van der Waals surface area contributed by atoms with Crippen molar-refractivity contribution < 1.29 is 9.13 Å². The lowest BCUT2D eigenvalue weighted by Crippen LogP contribution is -2.25. The van der Waals surface area contributed by atoms with E-state index in [9.17, 15) is 4.39 Å². The molecule has 1 aromatic carbocycles. The van der Waals surface area contributed by atoms with Gasteiger partial charge in [0.25, 0.3) is 0 Å². The Morgan fingerprint density at radius 3 is 2.90 bits per heavy atom. The summed E-state index contributed by atoms with van der Waals surface area (Å²) in [5.41, 5.74) is 3.46. The SMILES string of the molecule is C=CCN(CF)CCc1c(C)[nH]c2ccc(OCC)cc12. The van der Waals surface area contributed by atoms with Crippen LogP contribution in [0.25, 0.3) is 10.9 Å². The van der Waals surface area contributed by atoms with Crippen LogP contribution in [0.5, 0.6) is 5.75 Å². The van der Waals surface area contributed by atoms with Gasteiger partial charge in [0.2, 0.25) is 0 Å². The average molecular weight is 290 g/mol. The fourth-order valence-electron chi connectivity index (χ4n) is 2.59. The Balaban J connectivity index is 2.23. The zero-order valence-electron chi connectivity index (χ0n) is 12.8. The fourth-order valence-corrected chi connectivity index (χ4v) is 2.59. The molecule has 21 heavy (non-hydrogen) atoms. The Kier molecular flexibility index (Phi) is 5.39. The monoisotopic (exact) mass is 290 g/mol. The van der Waals surface area contributed by atoms with E-state index in [4.69, 9.17) is 4.74 Å². The second-order valence-corrected chi connectivity index (χ2v) is 5.10. The summed E-state index contributed by atoms with van der Waals surface area (Å²) < 4.78 is 18.5. The van der Waals surface area contributed by atoms with Crippen molar-refractivity contribution in [2.45, 2.75) is 20.3 Å². The van der Waals surface area contributed by atoms with E-state index in [1.165, 1.54) is 5.56 Å². The van der Waals surface area contributed by atoms with Crippen molar-refractivity contribution >= 4 is 10.9 Å². The predicted octanol–water partition coefficient (Wildman–Crippen LogP) is 3.83. The number of aromatic amines is 1. The molecule has 2 rings (SSSR count). The second kappa shape index (κ2) is 7.27. The highest BCUT2D eigenvalue weighted by molar-refractivity contribution is 5.86. The van der Waals surface area contributed by atoms with Gasteiger partial charge in [-0.1, -0.05) is 6.08 Å². The molecule has 0 fully saturated rings. The van der Waals surface area contributed by atoms with Crippen LogP contribution in [-0.4, -0.2) is 36.4 Å². The van der Waals surface area contributed by atoms with E-state index in [0.717, 1.165) is 28.8 Å². The van der Waals surface area contributed by atoms with Crippen molar-refractivity contribution in [2.24, 2.45) is 0 Å². The Morgan fingerprint density at radius 2 is 2.24 bits per heavy atom. The summed E-state index contributed by atoms with van der Waals surface area (Å²) >= 11 is 0. The molecule has 3 nitrogen and oxygen atoms in total. The third kappa shape index (κ3) is 3.64. The summed E-state index contributed by atoms with van der Waals surface area (Å²) in [5, 5.41) is 1.16. The molecule has 0 saturated heterocycles. The maximum Gasteiger partial charge on any atom is 0.143 e. The number of aryl methyl sites for hydroxylation is 1. The van der Waals surface area contributed by atoms with E-state index in [2.05, 4.69) is 24.6 Å². The smallest absolute Gasteiger partial charge is 0.143 e. The molecule has 0 bridgehead atoms. The molecule has 2 aromatic rings. The third-order valence-electron chi connectivity index (χ3n) is 3.64. The van der Waals surface area contributed by atoms with Crippen LogP contribution in [0.15, 0.2) is 30.9 Å².